The van der Waals surface area contributed by atoms with E-state index in [0.717, 1.165) is 15.7 Å². The van der Waals surface area contributed by atoms with Gasteiger partial charge in [-0.25, -0.2) is 4.79 Å². The first-order valence-electron chi connectivity index (χ1n) is 9.03. The minimum atomic E-state index is -0.747. The summed E-state index contributed by atoms with van der Waals surface area (Å²) in [7, 11) is 1.27. The van der Waals surface area contributed by atoms with Crippen molar-refractivity contribution in [3.05, 3.63) is 42.5 Å². The molecule has 0 aliphatic heterocycles. The lowest BCUT2D eigenvalue weighted by atomic mass is 10.0. The molecule has 0 spiro atoms. The number of esters is 2. The van der Waals surface area contributed by atoms with Crippen molar-refractivity contribution in [1.29, 1.82) is 0 Å². The summed E-state index contributed by atoms with van der Waals surface area (Å²) in [6.45, 7) is 3.45. The highest BCUT2D eigenvalue weighted by molar-refractivity contribution is 8.00. The Bertz CT molecular complexity index is 836. The fourth-order valence-corrected chi connectivity index (χ4v) is 3.39. The molecule has 0 aromatic heterocycles. The molecule has 0 aliphatic carbocycles. The molecular weight excluding hydrogens is 378 g/mol. The third kappa shape index (κ3) is 6.88. The van der Waals surface area contributed by atoms with Gasteiger partial charge in [0.1, 0.15) is 6.04 Å². The first-order valence-corrected chi connectivity index (χ1v) is 10.0. The number of methoxy groups -OCH3 is 1. The molecule has 0 unspecified atom stereocenters. The largest absolute Gasteiger partial charge is 0.467 e. The average molecular weight is 404 g/mol. The maximum absolute atomic E-state index is 12.0. The zero-order valence-corrected chi connectivity index (χ0v) is 17.1. The van der Waals surface area contributed by atoms with Crippen molar-refractivity contribution in [3.8, 4) is 0 Å². The van der Waals surface area contributed by atoms with E-state index < -0.39 is 30.5 Å². The van der Waals surface area contributed by atoms with Crippen LogP contribution in [0, 0.1) is 5.92 Å². The fourth-order valence-electron chi connectivity index (χ4n) is 2.65. The molecule has 7 heteroatoms. The number of carbonyl (C=O) groups excluding carboxylic acids is 3. The van der Waals surface area contributed by atoms with E-state index in [4.69, 9.17) is 9.47 Å². The molecule has 1 N–H and O–H groups in total. The Labute approximate surface area is 169 Å². The van der Waals surface area contributed by atoms with Crippen molar-refractivity contribution >= 4 is 40.4 Å². The molecule has 2 aromatic rings. The number of thioether (sulfide) groups is 1. The van der Waals surface area contributed by atoms with E-state index in [1.807, 2.05) is 56.3 Å². The van der Waals surface area contributed by atoms with Crippen LogP contribution in [0.1, 0.15) is 20.3 Å². The monoisotopic (exact) mass is 403 g/mol. The van der Waals surface area contributed by atoms with Crippen LogP contribution in [-0.4, -0.2) is 43.4 Å². The summed E-state index contributed by atoms with van der Waals surface area (Å²) in [4.78, 5) is 36.6. The molecule has 0 heterocycles. The lowest BCUT2D eigenvalue weighted by Gasteiger charge is -2.18. The Morgan fingerprint density at radius 3 is 2.46 bits per heavy atom. The Kier molecular flexibility index (Phi) is 8.32. The summed E-state index contributed by atoms with van der Waals surface area (Å²) in [5.74, 6) is -1.24. The number of carbonyl (C=O) groups is 3. The van der Waals surface area contributed by atoms with Crippen LogP contribution in [0.3, 0.4) is 0 Å². The lowest BCUT2D eigenvalue weighted by molar-refractivity contribution is -0.149. The Hall–Kier alpha value is -2.54. The van der Waals surface area contributed by atoms with E-state index >= 15 is 0 Å². The van der Waals surface area contributed by atoms with E-state index in [1.54, 1.807) is 0 Å². The second kappa shape index (κ2) is 10.7. The third-order valence-electron chi connectivity index (χ3n) is 3.97. The molecule has 0 fully saturated rings. The highest BCUT2D eigenvalue weighted by Crippen LogP contribution is 2.23. The molecule has 6 nitrogen and oxygen atoms in total. The molecule has 0 saturated carbocycles. The standard InChI is InChI=1S/C21H25NO5S/c1-14(2)10-18(21(25)26-3)22-19(23)12-27-20(24)13-28-17-9-8-15-6-4-5-7-16(15)11-17/h4-9,11,14,18H,10,12-13H2,1-3H3,(H,22,23)/t18-/m1/s1. The van der Waals surface area contributed by atoms with Crippen LogP contribution in [0.25, 0.3) is 10.8 Å². The topological polar surface area (TPSA) is 81.7 Å². The second-order valence-corrected chi connectivity index (χ2v) is 7.78. The van der Waals surface area contributed by atoms with Gasteiger partial charge in [-0.2, -0.15) is 0 Å². The summed E-state index contributed by atoms with van der Waals surface area (Å²) >= 11 is 1.35. The molecule has 0 aliphatic rings. The van der Waals surface area contributed by atoms with Crippen LogP contribution in [0.4, 0.5) is 0 Å². The number of ether oxygens (including phenoxy) is 2. The highest BCUT2D eigenvalue weighted by atomic mass is 32.2. The predicted molar refractivity (Wildman–Crippen MR) is 109 cm³/mol. The summed E-state index contributed by atoms with van der Waals surface area (Å²) in [6, 6.07) is 13.2. The number of amides is 1. The number of fused-ring (bicyclic) bond motifs is 1. The van der Waals surface area contributed by atoms with E-state index in [-0.39, 0.29) is 11.7 Å². The maximum atomic E-state index is 12.0. The molecular formula is C21H25NO5S. The molecule has 2 aromatic carbocycles. The van der Waals surface area contributed by atoms with Gasteiger partial charge in [-0.1, -0.05) is 44.2 Å². The van der Waals surface area contributed by atoms with E-state index in [1.165, 1.54) is 18.9 Å². The molecule has 0 radical (unpaired) electrons. The van der Waals surface area contributed by atoms with Crippen molar-refractivity contribution in [3.63, 3.8) is 0 Å². The second-order valence-electron chi connectivity index (χ2n) is 6.73. The molecule has 1 amide bonds. The summed E-state index contributed by atoms with van der Waals surface area (Å²) in [5, 5.41) is 4.78. The normalized spacial score (nSPS) is 11.9. The van der Waals surface area contributed by atoms with Gasteiger partial charge >= 0.3 is 11.9 Å². The van der Waals surface area contributed by atoms with Crippen LogP contribution in [-0.2, 0) is 23.9 Å². The lowest BCUT2D eigenvalue weighted by Crippen LogP contribution is -2.44. The van der Waals surface area contributed by atoms with Gasteiger partial charge in [0.25, 0.3) is 5.91 Å². The summed E-state index contributed by atoms with van der Waals surface area (Å²) in [5.41, 5.74) is 0. The van der Waals surface area contributed by atoms with Crippen molar-refractivity contribution in [2.24, 2.45) is 5.92 Å². The predicted octanol–water partition coefficient (Wildman–Crippen LogP) is 3.18. The van der Waals surface area contributed by atoms with Crippen molar-refractivity contribution < 1.29 is 23.9 Å². The van der Waals surface area contributed by atoms with Crippen molar-refractivity contribution in [2.75, 3.05) is 19.5 Å². The van der Waals surface area contributed by atoms with Crippen LogP contribution in [0.5, 0.6) is 0 Å². The molecule has 150 valence electrons. The van der Waals surface area contributed by atoms with Gasteiger partial charge in [0.2, 0.25) is 0 Å². The fraction of sp³-hybridized carbons (Fsp3) is 0.381. The zero-order chi connectivity index (χ0) is 20.5. The van der Waals surface area contributed by atoms with Crippen LogP contribution >= 0.6 is 11.8 Å². The third-order valence-corrected chi connectivity index (χ3v) is 4.94. The van der Waals surface area contributed by atoms with Gasteiger partial charge in [-0.05, 0) is 35.2 Å². The smallest absolute Gasteiger partial charge is 0.328 e. The minimum absolute atomic E-state index is 0.0953. The summed E-state index contributed by atoms with van der Waals surface area (Å²) < 4.78 is 9.70. The van der Waals surface area contributed by atoms with Gasteiger partial charge in [-0.3, -0.25) is 9.59 Å². The summed E-state index contributed by atoms with van der Waals surface area (Å²) in [6.07, 6.45) is 0.449. The zero-order valence-electron chi connectivity index (χ0n) is 16.3. The van der Waals surface area contributed by atoms with Gasteiger partial charge < -0.3 is 14.8 Å². The number of hydrogen-bond acceptors (Lipinski definition) is 6. The average Bonchev–Trinajstić information content (AvgIpc) is 2.69. The number of hydrogen-bond donors (Lipinski definition) is 1. The first kappa shape index (κ1) is 21.8. The van der Waals surface area contributed by atoms with Crippen molar-refractivity contribution in [2.45, 2.75) is 31.2 Å². The number of benzene rings is 2. The minimum Gasteiger partial charge on any atom is -0.467 e. The van der Waals surface area contributed by atoms with E-state index in [9.17, 15) is 14.4 Å². The van der Waals surface area contributed by atoms with E-state index in [2.05, 4.69) is 5.32 Å². The first-order chi connectivity index (χ1) is 13.4. The molecule has 0 saturated heterocycles. The van der Waals surface area contributed by atoms with Gasteiger partial charge in [0.15, 0.2) is 6.61 Å². The number of nitrogens with one attached hydrogen (secondary N) is 1. The van der Waals surface area contributed by atoms with Crippen molar-refractivity contribution in [1.82, 2.24) is 5.32 Å². The van der Waals surface area contributed by atoms with E-state index in [0.29, 0.717) is 6.42 Å². The molecule has 2 rings (SSSR count). The van der Waals surface area contributed by atoms with Crippen LogP contribution < -0.4 is 5.32 Å². The van der Waals surface area contributed by atoms with Gasteiger partial charge in [-0.15, -0.1) is 11.8 Å². The molecule has 1 atom stereocenters. The van der Waals surface area contributed by atoms with Gasteiger partial charge in [0, 0.05) is 4.90 Å². The molecule has 28 heavy (non-hydrogen) atoms. The molecule has 0 bridgehead atoms. The van der Waals surface area contributed by atoms with Crippen LogP contribution in [0.2, 0.25) is 0 Å². The Morgan fingerprint density at radius 1 is 1.07 bits per heavy atom. The highest BCUT2D eigenvalue weighted by Gasteiger charge is 2.23. The maximum Gasteiger partial charge on any atom is 0.328 e. The van der Waals surface area contributed by atoms with Gasteiger partial charge in [0.05, 0.1) is 12.9 Å². The number of rotatable bonds is 9. The Balaban J connectivity index is 1.78. The van der Waals surface area contributed by atoms with Crippen LogP contribution in [0.15, 0.2) is 47.4 Å². The SMILES string of the molecule is COC(=O)[C@@H](CC(C)C)NC(=O)COC(=O)CSc1ccc2ccccc2c1. The Morgan fingerprint density at radius 2 is 1.79 bits per heavy atom. The quantitative estimate of drug-likeness (QED) is 0.512.